The molecular weight excluding hydrogens is 562 g/mol. The summed E-state index contributed by atoms with van der Waals surface area (Å²) in [7, 11) is 0. The molecule has 0 fully saturated rings. The standard InChI is InChI=1S/C32H47N7O5/c1-19-12-24(40)13-20(2)25(19)15-23(17-28(41)26(34)18-38-32(36)37)31(44)39-27(10-6-7-11-33)29(42)16-22(30(35)43)14-21-8-4-3-5-9-21/h3-5,8-9,12-13,22-23,26-27,40H,6-7,10-11,14-18,33-34H2,1-2H3,(H2,35,43)(H,39,44)(H4,36,37,38)/t22-,23-,26-,27+/m1/s1. The summed E-state index contributed by atoms with van der Waals surface area (Å²) < 4.78 is 0. The molecule has 2 aromatic rings. The maximum atomic E-state index is 13.8. The number of unbranched alkanes of at least 4 members (excludes halogenated alkanes) is 1. The molecule has 0 heterocycles. The van der Waals surface area contributed by atoms with E-state index in [1.165, 1.54) is 0 Å². The third-order valence-electron chi connectivity index (χ3n) is 7.66. The summed E-state index contributed by atoms with van der Waals surface area (Å²) in [5, 5.41) is 12.9. The lowest BCUT2D eigenvalue weighted by molar-refractivity contribution is -0.133. The van der Waals surface area contributed by atoms with E-state index in [-0.39, 0.29) is 49.7 Å². The van der Waals surface area contributed by atoms with Crippen LogP contribution < -0.4 is 34.0 Å². The first-order valence-electron chi connectivity index (χ1n) is 14.8. The number of nitrogens with two attached hydrogens (primary N) is 5. The topological polar surface area (TPSA) is 243 Å². The van der Waals surface area contributed by atoms with Gasteiger partial charge in [-0.1, -0.05) is 30.3 Å². The van der Waals surface area contributed by atoms with Crippen LogP contribution in [-0.4, -0.2) is 59.6 Å². The number of aryl methyl sites for hydroxylation is 2. The van der Waals surface area contributed by atoms with E-state index in [0.717, 1.165) is 22.3 Å². The van der Waals surface area contributed by atoms with Gasteiger partial charge in [-0.05, 0) is 86.9 Å². The Morgan fingerprint density at radius 2 is 1.50 bits per heavy atom. The maximum Gasteiger partial charge on any atom is 0.224 e. The molecule has 0 aliphatic rings. The van der Waals surface area contributed by atoms with Gasteiger partial charge in [-0.25, -0.2) is 0 Å². The van der Waals surface area contributed by atoms with Crippen molar-refractivity contribution >= 4 is 29.3 Å². The van der Waals surface area contributed by atoms with Crippen LogP contribution in [0.25, 0.3) is 0 Å². The highest BCUT2D eigenvalue weighted by Crippen LogP contribution is 2.25. The first kappa shape index (κ1) is 35.9. The monoisotopic (exact) mass is 609 g/mol. The molecule has 44 heavy (non-hydrogen) atoms. The molecule has 12 N–H and O–H groups in total. The number of primary amides is 1. The predicted molar refractivity (Wildman–Crippen MR) is 170 cm³/mol. The smallest absolute Gasteiger partial charge is 0.224 e. The summed E-state index contributed by atoms with van der Waals surface area (Å²) in [5.41, 5.74) is 31.3. The van der Waals surface area contributed by atoms with Crippen molar-refractivity contribution in [3.8, 4) is 5.75 Å². The van der Waals surface area contributed by atoms with Crippen molar-refractivity contribution in [2.24, 2.45) is 45.5 Å². The van der Waals surface area contributed by atoms with Crippen molar-refractivity contribution in [2.75, 3.05) is 13.1 Å². The molecule has 0 aromatic heterocycles. The number of phenols is 1. The second-order valence-corrected chi connectivity index (χ2v) is 11.3. The first-order valence-corrected chi connectivity index (χ1v) is 14.8. The number of hydrogen-bond donors (Lipinski definition) is 7. The van der Waals surface area contributed by atoms with Gasteiger partial charge in [0.1, 0.15) is 5.75 Å². The van der Waals surface area contributed by atoms with E-state index >= 15 is 0 Å². The number of aromatic hydroxyl groups is 1. The van der Waals surface area contributed by atoms with Crippen LogP contribution in [0.15, 0.2) is 47.5 Å². The molecule has 2 rings (SSSR count). The number of amides is 2. The van der Waals surface area contributed by atoms with Crippen molar-refractivity contribution in [2.45, 2.75) is 70.9 Å². The second kappa shape index (κ2) is 17.7. The molecule has 2 aromatic carbocycles. The van der Waals surface area contributed by atoms with Gasteiger partial charge < -0.3 is 39.1 Å². The number of carbonyl (C=O) groups excluding carboxylic acids is 4. The minimum atomic E-state index is -1.04. The fourth-order valence-electron chi connectivity index (χ4n) is 5.15. The Kier molecular flexibility index (Phi) is 14.5. The van der Waals surface area contributed by atoms with E-state index in [1.54, 1.807) is 26.0 Å². The lowest BCUT2D eigenvalue weighted by Gasteiger charge is -2.25. The highest BCUT2D eigenvalue weighted by molar-refractivity contribution is 5.94. The predicted octanol–water partition coefficient (Wildman–Crippen LogP) is 0.645. The molecule has 0 aliphatic heterocycles. The van der Waals surface area contributed by atoms with Gasteiger partial charge in [-0.15, -0.1) is 0 Å². The van der Waals surface area contributed by atoms with Crippen LogP contribution in [0.2, 0.25) is 0 Å². The SMILES string of the molecule is Cc1cc(O)cc(C)c1C[C@H](CC(=O)[C@H](N)CN=C(N)N)C(=O)N[C@@H](CCCCN)C(=O)C[C@@H](Cc1ccccc1)C(N)=O. The van der Waals surface area contributed by atoms with Gasteiger partial charge in [0.25, 0.3) is 0 Å². The lowest BCUT2D eigenvalue weighted by atomic mass is 9.86. The Morgan fingerprint density at radius 1 is 0.886 bits per heavy atom. The van der Waals surface area contributed by atoms with Crippen molar-refractivity contribution in [1.82, 2.24) is 5.32 Å². The number of phenolic OH excluding ortho intramolecular Hbond substituents is 1. The van der Waals surface area contributed by atoms with Crippen LogP contribution in [0.1, 0.15) is 54.4 Å². The first-order chi connectivity index (χ1) is 20.8. The van der Waals surface area contributed by atoms with E-state index in [2.05, 4.69) is 10.3 Å². The molecule has 12 nitrogen and oxygen atoms in total. The number of hydrogen-bond acceptors (Lipinski definition) is 8. The van der Waals surface area contributed by atoms with Crippen LogP contribution in [0, 0.1) is 25.7 Å². The van der Waals surface area contributed by atoms with E-state index in [0.29, 0.717) is 25.8 Å². The number of guanidine groups is 1. The molecule has 2 amide bonds. The molecule has 12 heteroatoms. The molecule has 0 bridgehead atoms. The highest BCUT2D eigenvalue weighted by atomic mass is 16.3. The Bertz CT molecular complexity index is 1290. The number of benzene rings is 2. The normalized spacial score (nSPS) is 13.7. The second-order valence-electron chi connectivity index (χ2n) is 11.3. The van der Waals surface area contributed by atoms with E-state index in [9.17, 15) is 24.3 Å². The van der Waals surface area contributed by atoms with Crippen molar-refractivity contribution in [3.05, 3.63) is 64.7 Å². The molecule has 0 spiro atoms. The number of ketones is 2. The summed E-state index contributed by atoms with van der Waals surface area (Å²) in [6.07, 6.45) is 1.57. The van der Waals surface area contributed by atoms with Gasteiger partial charge in [0.15, 0.2) is 17.5 Å². The Morgan fingerprint density at radius 3 is 2.07 bits per heavy atom. The van der Waals surface area contributed by atoms with Crippen LogP contribution in [0.3, 0.4) is 0 Å². The van der Waals surface area contributed by atoms with Gasteiger partial charge in [0, 0.05) is 24.7 Å². The minimum absolute atomic E-state index is 0.0881. The van der Waals surface area contributed by atoms with Gasteiger partial charge in [-0.2, -0.15) is 0 Å². The fraction of sp³-hybridized carbons (Fsp3) is 0.469. The molecule has 0 unspecified atom stereocenters. The van der Waals surface area contributed by atoms with Crippen molar-refractivity contribution < 1.29 is 24.3 Å². The zero-order chi connectivity index (χ0) is 32.8. The molecule has 0 radical (unpaired) electrons. The Hall–Kier alpha value is -4.29. The van der Waals surface area contributed by atoms with Crippen LogP contribution in [-0.2, 0) is 32.0 Å². The Labute approximate surface area is 258 Å². The van der Waals surface area contributed by atoms with Gasteiger partial charge in [-0.3, -0.25) is 24.2 Å². The van der Waals surface area contributed by atoms with E-state index in [4.69, 9.17) is 28.7 Å². The van der Waals surface area contributed by atoms with Crippen molar-refractivity contribution in [1.29, 1.82) is 0 Å². The number of carbonyl (C=O) groups is 4. The molecule has 240 valence electrons. The van der Waals surface area contributed by atoms with Crippen LogP contribution >= 0.6 is 0 Å². The number of Topliss-reactive ketones (excluding diaryl/α,β-unsaturated/α-hetero) is 2. The van der Waals surface area contributed by atoms with Crippen molar-refractivity contribution in [3.63, 3.8) is 0 Å². The van der Waals surface area contributed by atoms with Gasteiger partial charge in [0.05, 0.1) is 18.6 Å². The average molecular weight is 610 g/mol. The number of nitrogens with zero attached hydrogens (tertiary/aromatic N) is 1. The highest BCUT2D eigenvalue weighted by Gasteiger charge is 2.31. The minimum Gasteiger partial charge on any atom is -0.508 e. The molecule has 0 saturated carbocycles. The summed E-state index contributed by atoms with van der Waals surface area (Å²) in [6, 6.07) is 10.5. The number of rotatable bonds is 19. The summed E-state index contributed by atoms with van der Waals surface area (Å²) in [5.74, 6) is -3.64. The summed E-state index contributed by atoms with van der Waals surface area (Å²) >= 11 is 0. The zero-order valence-electron chi connectivity index (χ0n) is 25.6. The molecule has 0 aliphatic carbocycles. The molecule has 0 saturated heterocycles. The molecular formula is C32H47N7O5. The fourth-order valence-corrected chi connectivity index (χ4v) is 5.15. The lowest BCUT2D eigenvalue weighted by Crippen LogP contribution is -2.46. The number of nitrogens with one attached hydrogen (secondary N) is 1. The Balaban J connectivity index is 2.33. The van der Waals surface area contributed by atoms with Crippen LogP contribution in [0.5, 0.6) is 5.75 Å². The average Bonchev–Trinajstić information content (AvgIpc) is 2.96. The zero-order valence-corrected chi connectivity index (χ0v) is 25.6. The molecule has 4 atom stereocenters. The summed E-state index contributed by atoms with van der Waals surface area (Å²) in [6.45, 7) is 3.89. The third kappa shape index (κ3) is 11.8. The number of aliphatic imine (C=N–C) groups is 1. The quantitative estimate of drug-likeness (QED) is 0.0670. The largest absolute Gasteiger partial charge is 0.508 e. The third-order valence-corrected chi connectivity index (χ3v) is 7.66. The van der Waals surface area contributed by atoms with E-state index < -0.39 is 41.5 Å². The van der Waals surface area contributed by atoms with Crippen LogP contribution in [0.4, 0.5) is 0 Å². The summed E-state index contributed by atoms with van der Waals surface area (Å²) in [4.78, 5) is 56.6. The van der Waals surface area contributed by atoms with Gasteiger partial charge >= 0.3 is 0 Å². The van der Waals surface area contributed by atoms with Gasteiger partial charge in [0.2, 0.25) is 11.8 Å². The van der Waals surface area contributed by atoms with E-state index in [1.807, 2.05) is 30.3 Å². The maximum absolute atomic E-state index is 13.8.